The predicted octanol–water partition coefficient (Wildman–Crippen LogP) is -0.940. The van der Waals surface area contributed by atoms with Gasteiger partial charge in [0.1, 0.15) is 49.3 Å². The first-order chi connectivity index (χ1) is 17.9. The van der Waals surface area contributed by atoms with Gasteiger partial charge in [0.25, 0.3) is 17.5 Å². The van der Waals surface area contributed by atoms with Gasteiger partial charge in [-0.25, -0.2) is 18.3 Å². The number of carbonyl (C=O) groups is 3. The molecule has 3 aromatic heterocycles. The number of hydrogen-bond donors (Lipinski definition) is 2. The summed E-state index contributed by atoms with van der Waals surface area (Å²) in [5, 5.41) is 19.3. The van der Waals surface area contributed by atoms with Crippen LogP contribution in [0.5, 0.6) is 0 Å². The Bertz CT molecular complexity index is 1450. The fourth-order valence-electron chi connectivity index (χ4n) is 4.13. The minimum atomic E-state index is -1.47. The van der Waals surface area contributed by atoms with Gasteiger partial charge in [-0.1, -0.05) is 11.2 Å². The van der Waals surface area contributed by atoms with Crippen molar-refractivity contribution in [2.45, 2.75) is 18.0 Å². The second-order valence-electron chi connectivity index (χ2n) is 8.03. The van der Waals surface area contributed by atoms with Crippen LogP contribution >= 0.6 is 23.1 Å². The number of amides is 2. The number of hydrogen-bond acceptors (Lipinski definition) is 10. The molecule has 5 rings (SSSR count). The van der Waals surface area contributed by atoms with Crippen molar-refractivity contribution in [1.29, 1.82) is 0 Å². The third-order valence-corrected chi connectivity index (χ3v) is 7.77. The molecule has 0 radical (unpaired) electrons. The lowest BCUT2D eigenvalue weighted by atomic mass is 10.0. The number of nitrogens with two attached hydrogens (primary N) is 1. The number of aliphatic carboxylic acids is 1. The molecule has 0 aliphatic carbocycles. The van der Waals surface area contributed by atoms with E-state index in [1.54, 1.807) is 0 Å². The van der Waals surface area contributed by atoms with Crippen LogP contribution in [0.15, 0.2) is 58.6 Å². The molecule has 0 aromatic carbocycles. The molecule has 2 aliphatic rings. The fourth-order valence-corrected chi connectivity index (χ4v) is 6.02. The summed E-state index contributed by atoms with van der Waals surface area (Å²) >= 11 is 2.39. The molecule has 192 valence electrons. The zero-order chi connectivity index (χ0) is 26.1. The van der Waals surface area contributed by atoms with E-state index in [2.05, 4.69) is 15.5 Å². The van der Waals surface area contributed by atoms with Gasteiger partial charge in [0.2, 0.25) is 0 Å². The van der Waals surface area contributed by atoms with Crippen molar-refractivity contribution >= 4 is 57.4 Å². The quantitative estimate of drug-likeness (QED) is 0.115. The summed E-state index contributed by atoms with van der Waals surface area (Å²) in [5.74, 6) is -2.55. The number of fused-ring (bicyclic) bond motifs is 2. The van der Waals surface area contributed by atoms with Gasteiger partial charge in [-0.3, -0.25) is 14.5 Å². The van der Waals surface area contributed by atoms with E-state index in [0.29, 0.717) is 11.3 Å². The first-order valence-corrected chi connectivity index (χ1v) is 12.9. The van der Waals surface area contributed by atoms with Crippen LogP contribution in [0.4, 0.5) is 9.52 Å². The number of pyridine rings is 1. The van der Waals surface area contributed by atoms with Gasteiger partial charge in [-0.15, -0.1) is 23.1 Å². The van der Waals surface area contributed by atoms with E-state index in [9.17, 15) is 23.9 Å². The average molecular weight is 546 g/mol. The monoisotopic (exact) mass is 545 g/mol. The van der Waals surface area contributed by atoms with E-state index in [0.717, 1.165) is 21.9 Å². The number of thiazole rings is 1. The molecule has 0 spiro atoms. The number of halogens is 1. The first-order valence-electron chi connectivity index (χ1n) is 11.0. The number of nitrogens with one attached hydrogen (secondary N) is 1. The van der Waals surface area contributed by atoms with E-state index in [-0.39, 0.29) is 35.4 Å². The van der Waals surface area contributed by atoms with Gasteiger partial charge in [-0.05, 0) is 6.07 Å². The average Bonchev–Trinajstić information content (AvgIpc) is 3.50. The number of imidazole rings is 1. The van der Waals surface area contributed by atoms with Crippen molar-refractivity contribution in [3.63, 3.8) is 0 Å². The highest BCUT2D eigenvalue weighted by molar-refractivity contribution is 8.00. The Morgan fingerprint density at radius 2 is 2.22 bits per heavy atom. The van der Waals surface area contributed by atoms with Crippen molar-refractivity contribution in [2.24, 2.45) is 5.16 Å². The smallest absolute Gasteiger partial charge is 0.286 e. The number of aromatic nitrogens is 3. The molecular formula is C22H20FN7O5S2. The largest absolute Gasteiger partial charge is 0.543 e. The van der Waals surface area contributed by atoms with Gasteiger partial charge in [0, 0.05) is 22.8 Å². The summed E-state index contributed by atoms with van der Waals surface area (Å²) < 4.78 is 16.2. The number of carbonyl (C=O) groups excluding carboxylic acids is 3. The van der Waals surface area contributed by atoms with Crippen molar-refractivity contribution in [1.82, 2.24) is 19.8 Å². The minimum absolute atomic E-state index is 0.105. The molecule has 12 nitrogen and oxygen atoms in total. The maximum atomic E-state index is 13.0. The molecular weight excluding hydrogens is 525 g/mol. The number of oxime groups is 1. The molecule has 1 saturated heterocycles. The summed E-state index contributed by atoms with van der Waals surface area (Å²) in [6.07, 6.45) is 5.54. The maximum absolute atomic E-state index is 13.0. The molecule has 37 heavy (non-hydrogen) atoms. The molecule has 2 aliphatic heterocycles. The second-order valence-corrected chi connectivity index (χ2v) is 10.0. The summed E-state index contributed by atoms with van der Waals surface area (Å²) in [5.41, 5.74) is 6.64. The third-order valence-electron chi connectivity index (χ3n) is 5.76. The van der Waals surface area contributed by atoms with Crippen molar-refractivity contribution in [3.05, 3.63) is 59.1 Å². The number of β-lactam (4-membered cyclic amide) rings is 1. The lowest BCUT2D eigenvalue weighted by Gasteiger charge is -2.50. The van der Waals surface area contributed by atoms with Crippen molar-refractivity contribution < 1.29 is 33.1 Å². The van der Waals surface area contributed by atoms with Crippen LogP contribution in [0.3, 0.4) is 0 Å². The Balaban J connectivity index is 1.36. The molecule has 2 amide bonds. The Hall–Kier alpha value is -3.98. The van der Waals surface area contributed by atoms with Crippen LogP contribution in [0.25, 0.3) is 5.65 Å². The number of carboxylic acid groups (broad SMARTS) is 1. The molecule has 5 heterocycles. The van der Waals surface area contributed by atoms with Gasteiger partial charge in [0.05, 0.1) is 17.9 Å². The van der Waals surface area contributed by atoms with E-state index >= 15 is 0 Å². The second kappa shape index (κ2) is 10.2. The number of thioether (sulfide) groups is 1. The summed E-state index contributed by atoms with van der Waals surface area (Å²) in [6, 6.07) is 4.63. The van der Waals surface area contributed by atoms with Crippen LogP contribution in [0.1, 0.15) is 5.69 Å². The lowest BCUT2D eigenvalue weighted by molar-refractivity contribution is -0.510. The van der Waals surface area contributed by atoms with Crippen LogP contribution in [-0.4, -0.2) is 68.4 Å². The molecule has 3 N–H and O–H groups in total. The molecule has 0 unspecified atom stereocenters. The highest BCUT2D eigenvalue weighted by atomic mass is 32.2. The van der Waals surface area contributed by atoms with Gasteiger partial charge in [0.15, 0.2) is 10.8 Å². The van der Waals surface area contributed by atoms with E-state index < -0.39 is 35.9 Å². The molecule has 0 bridgehead atoms. The van der Waals surface area contributed by atoms with Crippen LogP contribution in [-0.2, 0) is 25.8 Å². The van der Waals surface area contributed by atoms with Gasteiger partial charge >= 0.3 is 0 Å². The van der Waals surface area contributed by atoms with E-state index in [4.69, 9.17) is 10.6 Å². The zero-order valence-corrected chi connectivity index (χ0v) is 20.7. The molecule has 1 fully saturated rings. The standard InChI is InChI=1S/C22H20FN7O5S2/c23-4-8-35-27-15(13-11-37-22(24)25-13)18(31)26-16-19(32)30-17(21(33)34)12(10-36-20(16)30)9-29-7-6-28-5-2-1-3-14(28)29/h1-3,5-7,11,16,20H,4,8-10H2,(H3-,24,25,26,31,33,34)/b27-15-/t16-,20-/m1/s1. The van der Waals surface area contributed by atoms with Crippen LogP contribution in [0.2, 0.25) is 0 Å². The molecule has 3 aromatic rings. The molecule has 0 saturated carbocycles. The van der Waals surface area contributed by atoms with Gasteiger partial charge < -0.3 is 25.8 Å². The highest BCUT2D eigenvalue weighted by Gasteiger charge is 2.53. The maximum Gasteiger partial charge on any atom is 0.286 e. The number of nitrogens with zero attached hydrogens (tertiary/aromatic N) is 5. The number of alkyl halides is 1. The minimum Gasteiger partial charge on any atom is -0.543 e. The van der Waals surface area contributed by atoms with E-state index in [1.807, 2.05) is 45.8 Å². The Kier molecular flexibility index (Phi) is 6.80. The number of carboxylic acids is 1. The molecule has 2 atom stereocenters. The summed E-state index contributed by atoms with van der Waals surface area (Å²) in [7, 11) is 0. The van der Waals surface area contributed by atoms with E-state index in [1.165, 1.54) is 17.1 Å². The van der Waals surface area contributed by atoms with Crippen LogP contribution in [0, 0.1) is 0 Å². The topological polar surface area (TPSA) is 159 Å². The summed E-state index contributed by atoms with van der Waals surface area (Å²) in [4.78, 5) is 48.1. The number of rotatable bonds is 9. The Morgan fingerprint density at radius 1 is 1.38 bits per heavy atom. The van der Waals surface area contributed by atoms with Crippen LogP contribution < -0.4 is 20.6 Å². The van der Waals surface area contributed by atoms with Crippen molar-refractivity contribution in [2.75, 3.05) is 24.8 Å². The number of anilines is 1. The highest BCUT2D eigenvalue weighted by Crippen LogP contribution is 2.40. The normalized spacial score (nSPS) is 19.5. The first kappa shape index (κ1) is 24.7. The third kappa shape index (κ3) is 4.62. The lowest BCUT2D eigenvalue weighted by Crippen LogP contribution is -2.71. The SMILES string of the molecule is Nc1nc(/C(=N/OCCF)C(=O)N[C@@H]2C(=O)N3C(C(=O)[O-])=C(Cn4cc[n+]5ccccc45)CS[C@H]23)cs1. The Labute approximate surface area is 217 Å². The predicted molar refractivity (Wildman–Crippen MR) is 130 cm³/mol. The summed E-state index contributed by atoms with van der Waals surface area (Å²) in [6.45, 7) is -0.939. The number of nitrogen functional groups attached to an aromatic ring is 1. The fraction of sp³-hybridized carbons (Fsp3) is 0.273. The Morgan fingerprint density at radius 3 is 2.95 bits per heavy atom. The molecule has 15 heteroatoms. The van der Waals surface area contributed by atoms with Gasteiger partial charge in [-0.2, -0.15) is 0 Å². The van der Waals surface area contributed by atoms with Crippen molar-refractivity contribution in [3.8, 4) is 0 Å². The zero-order valence-electron chi connectivity index (χ0n) is 19.1.